The Morgan fingerprint density at radius 1 is 1.24 bits per heavy atom. The number of nitriles is 1. The van der Waals surface area contributed by atoms with Crippen LogP contribution in [-0.4, -0.2) is 13.0 Å². The lowest BCUT2D eigenvalue weighted by molar-refractivity contribution is -0.118. The molecule has 0 radical (unpaired) electrons. The summed E-state index contributed by atoms with van der Waals surface area (Å²) in [5.74, 6) is 0.0862. The normalized spacial score (nSPS) is 17.1. The number of nitrogens with one attached hydrogen (secondary N) is 1. The van der Waals surface area contributed by atoms with E-state index in [4.69, 9.17) is 16.3 Å². The van der Waals surface area contributed by atoms with E-state index in [-0.39, 0.29) is 10.6 Å². The summed E-state index contributed by atoms with van der Waals surface area (Å²) in [6, 6.07) is 16.4. The summed E-state index contributed by atoms with van der Waals surface area (Å²) in [6.45, 7) is 0. The van der Waals surface area contributed by atoms with Gasteiger partial charge in [0, 0.05) is 10.6 Å². The van der Waals surface area contributed by atoms with E-state index in [0.717, 1.165) is 0 Å². The lowest BCUT2D eigenvalue weighted by Crippen LogP contribution is -2.46. The molecule has 1 N–H and O–H groups in total. The van der Waals surface area contributed by atoms with Crippen molar-refractivity contribution in [3.8, 4) is 11.8 Å². The van der Waals surface area contributed by atoms with Gasteiger partial charge in [-0.15, -0.1) is 12.6 Å². The fourth-order valence-electron chi connectivity index (χ4n) is 2.70. The molecule has 0 bridgehead atoms. The molecule has 1 amide bonds. The number of amides is 1. The Morgan fingerprint density at radius 3 is 2.60 bits per heavy atom. The van der Waals surface area contributed by atoms with Crippen LogP contribution in [0.5, 0.6) is 5.75 Å². The number of nitrogens with zero attached hydrogens (tertiary/aromatic N) is 2. The molecular weight excluding hydrogens is 358 g/mol. The van der Waals surface area contributed by atoms with Crippen molar-refractivity contribution in [2.24, 2.45) is 0 Å². The first-order chi connectivity index (χ1) is 12.1. The van der Waals surface area contributed by atoms with Gasteiger partial charge in [-0.3, -0.25) is 4.79 Å². The van der Waals surface area contributed by atoms with Gasteiger partial charge in [0.2, 0.25) is 0 Å². The van der Waals surface area contributed by atoms with E-state index in [1.54, 1.807) is 24.1 Å². The molecule has 126 valence electrons. The third-order valence-electron chi connectivity index (χ3n) is 3.86. The second kappa shape index (κ2) is 7.09. The number of methoxy groups -OCH3 is 1. The second-order valence-corrected chi connectivity index (χ2v) is 6.08. The molecule has 2 aromatic rings. The summed E-state index contributed by atoms with van der Waals surface area (Å²) in [6.07, 6.45) is -0.623. The van der Waals surface area contributed by atoms with Gasteiger partial charge in [0.25, 0.3) is 5.91 Å². The molecular formula is C18H14ClN3O2S. The van der Waals surface area contributed by atoms with Crippen molar-refractivity contribution in [2.75, 3.05) is 12.0 Å². The number of hydrogen-bond acceptors (Lipinski definition) is 5. The zero-order valence-corrected chi connectivity index (χ0v) is 14.9. The van der Waals surface area contributed by atoms with Crippen molar-refractivity contribution in [1.82, 2.24) is 5.32 Å². The number of benzene rings is 2. The zero-order valence-electron chi connectivity index (χ0n) is 13.2. The molecule has 0 saturated heterocycles. The second-order valence-electron chi connectivity index (χ2n) is 5.25. The van der Waals surface area contributed by atoms with Crippen molar-refractivity contribution in [1.29, 1.82) is 5.26 Å². The SMILES string of the molecule is COc1ccccc1N1C(S)=C(C#N)C(=O)NC1c1ccccc1Cl. The molecule has 0 spiro atoms. The van der Waals surface area contributed by atoms with Crippen LogP contribution in [0.2, 0.25) is 5.02 Å². The maximum Gasteiger partial charge on any atom is 0.266 e. The van der Waals surface area contributed by atoms with Gasteiger partial charge in [-0.1, -0.05) is 41.9 Å². The first-order valence-electron chi connectivity index (χ1n) is 7.39. The number of carbonyl (C=O) groups excluding carboxylic acids is 1. The first-order valence-corrected chi connectivity index (χ1v) is 8.22. The summed E-state index contributed by atoms with van der Waals surface area (Å²) >= 11 is 10.8. The molecule has 1 unspecified atom stereocenters. The van der Waals surface area contributed by atoms with Gasteiger partial charge in [-0.2, -0.15) is 5.26 Å². The third-order valence-corrected chi connectivity index (χ3v) is 4.64. The fraction of sp³-hybridized carbons (Fsp3) is 0.111. The molecule has 1 aliphatic rings. The van der Waals surface area contributed by atoms with E-state index < -0.39 is 12.1 Å². The minimum Gasteiger partial charge on any atom is -0.495 e. The third kappa shape index (κ3) is 3.04. The topological polar surface area (TPSA) is 65.4 Å². The fourth-order valence-corrected chi connectivity index (χ4v) is 3.32. The van der Waals surface area contributed by atoms with Crippen LogP contribution in [0.4, 0.5) is 5.69 Å². The van der Waals surface area contributed by atoms with Gasteiger partial charge in [-0.25, -0.2) is 0 Å². The number of anilines is 1. The summed E-state index contributed by atoms with van der Waals surface area (Å²) in [5.41, 5.74) is 1.28. The van der Waals surface area contributed by atoms with Crippen LogP contribution < -0.4 is 15.0 Å². The van der Waals surface area contributed by atoms with Gasteiger partial charge in [0.1, 0.15) is 23.6 Å². The number of hydrogen-bond donors (Lipinski definition) is 2. The highest BCUT2D eigenvalue weighted by Crippen LogP contribution is 2.41. The summed E-state index contributed by atoms with van der Waals surface area (Å²) in [4.78, 5) is 14.0. The van der Waals surface area contributed by atoms with Crippen LogP contribution >= 0.6 is 24.2 Å². The van der Waals surface area contributed by atoms with Gasteiger partial charge < -0.3 is 15.0 Å². The quantitative estimate of drug-likeness (QED) is 0.808. The minimum absolute atomic E-state index is 0.0717. The molecule has 1 atom stereocenters. The molecule has 1 heterocycles. The predicted octanol–water partition coefficient (Wildman–Crippen LogP) is 3.65. The lowest BCUT2D eigenvalue weighted by atomic mass is 10.1. The van der Waals surface area contributed by atoms with E-state index in [1.807, 2.05) is 42.5 Å². The predicted molar refractivity (Wildman–Crippen MR) is 99.4 cm³/mol. The molecule has 25 heavy (non-hydrogen) atoms. The van der Waals surface area contributed by atoms with E-state index in [9.17, 15) is 10.1 Å². The molecule has 0 aliphatic carbocycles. The maximum atomic E-state index is 12.3. The Hall–Kier alpha value is -2.62. The first kappa shape index (κ1) is 17.2. The molecule has 7 heteroatoms. The molecule has 1 aliphatic heterocycles. The van der Waals surface area contributed by atoms with E-state index in [1.165, 1.54) is 0 Å². The smallest absolute Gasteiger partial charge is 0.266 e. The minimum atomic E-state index is -0.623. The summed E-state index contributed by atoms with van der Waals surface area (Å²) in [7, 11) is 1.55. The highest BCUT2D eigenvalue weighted by atomic mass is 35.5. The lowest BCUT2D eigenvalue weighted by Gasteiger charge is -2.38. The maximum absolute atomic E-state index is 12.3. The zero-order chi connectivity index (χ0) is 18.0. The van der Waals surface area contributed by atoms with Gasteiger partial charge in [-0.05, 0) is 18.2 Å². The van der Waals surface area contributed by atoms with Gasteiger partial charge >= 0.3 is 0 Å². The highest BCUT2D eigenvalue weighted by molar-refractivity contribution is 7.84. The highest BCUT2D eigenvalue weighted by Gasteiger charge is 2.35. The van der Waals surface area contributed by atoms with Gasteiger partial charge in [0.15, 0.2) is 0 Å². The standard InChI is InChI=1S/C18H14ClN3O2S/c1-24-15-9-5-4-8-14(15)22-16(11-6-2-3-7-13(11)19)21-17(23)12(10-20)18(22)25/h2-9,16,25H,1H3,(H,21,23). The number of para-hydroxylation sites is 2. The van der Waals surface area contributed by atoms with E-state index in [2.05, 4.69) is 17.9 Å². The number of thiol groups is 1. The molecule has 0 fully saturated rings. The van der Waals surface area contributed by atoms with Crippen LogP contribution in [-0.2, 0) is 4.79 Å². The van der Waals surface area contributed by atoms with Crippen molar-refractivity contribution in [2.45, 2.75) is 6.17 Å². The largest absolute Gasteiger partial charge is 0.495 e. The van der Waals surface area contributed by atoms with Crippen molar-refractivity contribution >= 4 is 35.8 Å². The summed E-state index contributed by atoms with van der Waals surface area (Å²) < 4.78 is 5.43. The average molecular weight is 372 g/mol. The molecule has 0 aromatic heterocycles. The van der Waals surface area contributed by atoms with E-state index >= 15 is 0 Å². The number of halogens is 1. The van der Waals surface area contributed by atoms with Gasteiger partial charge in [0.05, 0.1) is 17.8 Å². The Labute approximate surface area is 155 Å². The van der Waals surface area contributed by atoms with Crippen LogP contribution in [0.3, 0.4) is 0 Å². The van der Waals surface area contributed by atoms with Crippen molar-refractivity contribution in [3.05, 3.63) is 69.7 Å². The van der Waals surface area contributed by atoms with E-state index in [0.29, 0.717) is 22.0 Å². The monoisotopic (exact) mass is 371 g/mol. The molecule has 3 rings (SSSR count). The molecule has 2 aromatic carbocycles. The number of carbonyl (C=O) groups is 1. The number of ether oxygens (including phenoxy) is 1. The molecule has 0 saturated carbocycles. The molecule has 5 nitrogen and oxygen atoms in total. The Morgan fingerprint density at radius 2 is 1.92 bits per heavy atom. The van der Waals surface area contributed by atoms with Crippen LogP contribution in [0.1, 0.15) is 11.7 Å². The average Bonchev–Trinajstić information content (AvgIpc) is 2.62. The van der Waals surface area contributed by atoms with Crippen LogP contribution in [0, 0.1) is 11.3 Å². The van der Waals surface area contributed by atoms with Crippen molar-refractivity contribution in [3.63, 3.8) is 0 Å². The Balaban J connectivity index is 2.24. The Kier molecular flexibility index (Phi) is 4.88. The number of rotatable bonds is 3. The van der Waals surface area contributed by atoms with Crippen molar-refractivity contribution < 1.29 is 9.53 Å². The van der Waals surface area contributed by atoms with Crippen LogP contribution in [0.15, 0.2) is 59.1 Å². The Bertz CT molecular complexity index is 907. The van der Waals surface area contributed by atoms with Crippen LogP contribution in [0.25, 0.3) is 0 Å². The summed E-state index contributed by atoms with van der Waals surface area (Å²) in [5, 5.41) is 12.9.